The van der Waals surface area contributed by atoms with Crippen LogP contribution in [-0.4, -0.2) is 18.4 Å². The van der Waals surface area contributed by atoms with E-state index >= 15 is 0 Å². The number of rotatable bonds is 2. The van der Waals surface area contributed by atoms with Crippen molar-refractivity contribution in [3.05, 3.63) is 0 Å². The van der Waals surface area contributed by atoms with Gasteiger partial charge in [-0.3, -0.25) is 0 Å². The molecule has 0 saturated carbocycles. The van der Waals surface area contributed by atoms with Crippen LogP contribution in [0.25, 0.3) is 0 Å². The zero-order valence-electron chi connectivity index (χ0n) is 3.78. The maximum absolute atomic E-state index is 5.27. The van der Waals surface area contributed by atoms with E-state index in [9.17, 15) is 0 Å². The van der Waals surface area contributed by atoms with Crippen LogP contribution in [0.3, 0.4) is 0 Å². The lowest BCUT2D eigenvalue weighted by Crippen LogP contribution is -2.00. The van der Waals surface area contributed by atoms with Gasteiger partial charge in [-0.1, -0.05) is 0 Å². The second-order valence-corrected chi connectivity index (χ2v) is 3.32. The second kappa shape index (κ2) is 1.90. The standard InChI is InChI=1S/C4H10NP/c5-2-1-4-3-6-4/h4,6H,1-3,5H2. The lowest BCUT2D eigenvalue weighted by molar-refractivity contribution is 0.871. The van der Waals surface area contributed by atoms with E-state index < -0.39 is 0 Å². The predicted molar refractivity (Wildman–Crippen MR) is 30.6 cm³/mol. The molecule has 2 N–H and O–H groups in total. The van der Waals surface area contributed by atoms with Crippen molar-refractivity contribution in [1.29, 1.82) is 0 Å². The Balaban J connectivity index is 1.88. The zero-order chi connectivity index (χ0) is 4.41. The molecule has 0 radical (unpaired) electrons. The highest BCUT2D eigenvalue weighted by Gasteiger charge is 2.18. The molecule has 36 valence electrons. The Labute approximate surface area is 40.1 Å². The van der Waals surface area contributed by atoms with Crippen molar-refractivity contribution >= 4 is 8.58 Å². The molecule has 6 heavy (non-hydrogen) atoms. The second-order valence-electron chi connectivity index (χ2n) is 1.68. The smallest absolute Gasteiger partial charge is 0.00712 e. The molecule has 0 aliphatic carbocycles. The molecular weight excluding hydrogens is 93.0 g/mol. The quantitative estimate of drug-likeness (QED) is 0.503. The van der Waals surface area contributed by atoms with Crippen LogP contribution in [0.1, 0.15) is 6.42 Å². The van der Waals surface area contributed by atoms with Crippen LogP contribution in [-0.2, 0) is 0 Å². The lowest BCUT2D eigenvalue weighted by Gasteiger charge is -1.83. The molecule has 0 aromatic rings. The molecule has 1 aliphatic rings. The average Bonchev–Trinajstić information content (AvgIpc) is 2.21. The summed E-state index contributed by atoms with van der Waals surface area (Å²) in [6.07, 6.45) is 2.75. The van der Waals surface area contributed by atoms with Crippen LogP contribution in [0, 0.1) is 0 Å². The molecule has 2 heteroatoms. The molecule has 2 atom stereocenters. The fourth-order valence-corrected chi connectivity index (χ4v) is 1.23. The molecule has 0 aromatic carbocycles. The summed E-state index contributed by atoms with van der Waals surface area (Å²) in [6, 6.07) is 0. The van der Waals surface area contributed by atoms with Gasteiger partial charge in [-0.25, -0.2) is 0 Å². The maximum atomic E-state index is 5.27. The van der Waals surface area contributed by atoms with Crippen LogP contribution in [0.15, 0.2) is 0 Å². The molecule has 1 saturated heterocycles. The molecule has 0 spiro atoms. The minimum atomic E-state index is 0.900. The topological polar surface area (TPSA) is 26.0 Å². The average molecular weight is 103 g/mol. The molecule has 1 heterocycles. The molecule has 0 amide bonds. The Bertz CT molecular complexity index is 42.8. The van der Waals surface area contributed by atoms with Gasteiger partial charge in [0.25, 0.3) is 0 Å². The zero-order valence-corrected chi connectivity index (χ0v) is 4.78. The van der Waals surface area contributed by atoms with E-state index in [-0.39, 0.29) is 0 Å². The first-order valence-electron chi connectivity index (χ1n) is 2.37. The van der Waals surface area contributed by atoms with Crippen LogP contribution >= 0.6 is 8.58 Å². The monoisotopic (exact) mass is 103 g/mol. The van der Waals surface area contributed by atoms with Gasteiger partial charge in [0.1, 0.15) is 0 Å². The van der Waals surface area contributed by atoms with E-state index in [0.29, 0.717) is 0 Å². The van der Waals surface area contributed by atoms with Crippen molar-refractivity contribution in [3.63, 3.8) is 0 Å². The number of hydrogen-bond acceptors (Lipinski definition) is 1. The third-order valence-corrected chi connectivity index (χ3v) is 2.28. The fourth-order valence-electron chi connectivity index (χ4n) is 0.489. The van der Waals surface area contributed by atoms with Crippen LogP contribution < -0.4 is 5.73 Å². The fraction of sp³-hybridized carbons (Fsp3) is 1.00. The third-order valence-electron chi connectivity index (χ3n) is 1.01. The van der Waals surface area contributed by atoms with Crippen molar-refractivity contribution in [2.75, 3.05) is 12.7 Å². The van der Waals surface area contributed by atoms with E-state index in [0.717, 1.165) is 12.2 Å². The van der Waals surface area contributed by atoms with Gasteiger partial charge >= 0.3 is 0 Å². The van der Waals surface area contributed by atoms with Crippen LogP contribution in [0.5, 0.6) is 0 Å². The summed E-state index contributed by atoms with van der Waals surface area (Å²) in [6.45, 7) is 0.900. The van der Waals surface area contributed by atoms with E-state index in [1.165, 1.54) is 21.2 Å². The lowest BCUT2D eigenvalue weighted by atomic mass is 10.3. The first kappa shape index (κ1) is 4.55. The molecule has 1 nitrogen and oxygen atoms in total. The van der Waals surface area contributed by atoms with Crippen molar-refractivity contribution in [2.24, 2.45) is 5.73 Å². The highest BCUT2D eigenvalue weighted by atomic mass is 31.1. The van der Waals surface area contributed by atoms with Crippen molar-refractivity contribution in [2.45, 2.75) is 12.1 Å². The molecule has 1 rings (SSSR count). The van der Waals surface area contributed by atoms with E-state index in [1.54, 1.807) is 0 Å². The summed E-state index contributed by atoms with van der Waals surface area (Å²) in [5.74, 6) is 0. The first-order chi connectivity index (χ1) is 2.93. The van der Waals surface area contributed by atoms with E-state index in [4.69, 9.17) is 5.73 Å². The van der Waals surface area contributed by atoms with Crippen LogP contribution in [0.4, 0.5) is 0 Å². The molecular formula is C4H10NP. The van der Waals surface area contributed by atoms with Gasteiger partial charge in [0.2, 0.25) is 0 Å². The van der Waals surface area contributed by atoms with E-state index in [1.807, 2.05) is 0 Å². The molecule has 2 unspecified atom stereocenters. The largest absolute Gasteiger partial charge is 0.330 e. The van der Waals surface area contributed by atoms with Gasteiger partial charge in [-0.2, -0.15) is 0 Å². The van der Waals surface area contributed by atoms with E-state index in [2.05, 4.69) is 0 Å². The molecule has 0 aromatic heterocycles. The highest BCUT2D eigenvalue weighted by Crippen LogP contribution is 2.40. The van der Waals surface area contributed by atoms with Gasteiger partial charge in [0.05, 0.1) is 0 Å². The minimum absolute atomic E-state index is 0.900. The maximum Gasteiger partial charge on any atom is -0.00712 e. The number of nitrogens with two attached hydrogens (primary N) is 1. The van der Waals surface area contributed by atoms with Gasteiger partial charge < -0.3 is 5.73 Å². The van der Waals surface area contributed by atoms with Crippen molar-refractivity contribution in [1.82, 2.24) is 0 Å². The summed E-state index contributed by atoms with van der Waals surface area (Å²) >= 11 is 0. The summed E-state index contributed by atoms with van der Waals surface area (Å²) in [4.78, 5) is 0. The molecule has 1 fully saturated rings. The van der Waals surface area contributed by atoms with Crippen molar-refractivity contribution in [3.8, 4) is 0 Å². The molecule has 1 aliphatic heterocycles. The Morgan fingerprint density at radius 3 is 2.67 bits per heavy atom. The summed E-state index contributed by atoms with van der Waals surface area (Å²) < 4.78 is 0. The highest BCUT2D eigenvalue weighted by molar-refractivity contribution is 7.47. The van der Waals surface area contributed by atoms with Crippen LogP contribution in [0.2, 0.25) is 0 Å². The SMILES string of the molecule is NCCC1CP1. The Morgan fingerprint density at radius 1 is 1.83 bits per heavy atom. The Morgan fingerprint density at radius 2 is 2.50 bits per heavy atom. The van der Waals surface area contributed by atoms with Gasteiger partial charge in [-0.15, -0.1) is 8.58 Å². The Hall–Kier alpha value is 0.390. The minimum Gasteiger partial charge on any atom is -0.330 e. The third kappa shape index (κ3) is 1.24. The number of hydrogen-bond donors (Lipinski definition) is 1. The summed E-state index contributed by atoms with van der Waals surface area (Å²) in [7, 11) is 1.25. The van der Waals surface area contributed by atoms with Gasteiger partial charge in [0.15, 0.2) is 0 Å². The van der Waals surface area contributed by atoms with Crippen molar-refractivity contribution < 1.29 is 0 Å². The summed E-state index contributed by atoms with van der Waals surface area (Å²) in [5, 5.41) is 0. The predicted octanol–water partition coefficient (Wildman–Crippen LogP) is 0.396. The summed E-state index contributed by atoms with van der Waals surface area (Å²) in [5.41, 5.74) is 6.32. The Kier molecular flexibility index (Phi) is 1.44. The first-order valence-corrected chi connectivity index (χ1v) is 3.65. The van der Waals surface area contributed by atoms with Gasteiger partial charge in [0, 0.05) is 0 Å². The normalized spacial score (nSPS) is 34.5. The molecule has 0 bridgehead atoms. The van der Waals surface area contributed by atoms with Gasteiger partial charge in [-0.05, 0) is 24.8 Å².